The lowest BCUT2D eigenvalue weighted by atomic mass is 10.1. The summed E-state index contributed by atoms with van der Waals surface area (Å²) in [7, 11) is 0. The number of phenolic OH excluding ortho intramolecular Hbond substituents is 1. The Morgan fingerprint density at radius 3 is 2.65 bits per heavy atom. The van der Waals surface area contributed by atoms with Gasteiger partial charge < -0.3 is 10.4 Å². The van der Waals surface area contributed by atoms with Crippen LogP contribution < -0.4 is 5.32 Å². The van der Waals surface area contributed by atoms with Crippen molar-refractivity contribution in [3.05, 3.63) is 59.9 Å². The molecule has 2 N–H and O–H groups in total. The normalized spacial score (nSPS) is 12.3. The van der Waals surface area contributed by atoms with Gasteiger partial charge in [0.2, 0.25) is 0 Å². The Bertz CT molecular complexity index is 471. The van der Waals surface area contributed by atoms with E-state index in [9.17, 15) is 5.11 Å². The molecule has 0 amide bonds. The van der Waals surface area contributed by atoms with Crippen molar-refractivity contribution in [1.29, 1.82) is 0 Å². The predicted octanol–water partition coefficient (Wildman–Crippen LogP) is 2.64. The summed E-state index contributed by atoms with van der Waals surface area (Å²) in [5, 5.41) is 13.0. The first-order valence-electron chi connectivity index (χ1n) is 5.68. The van der Waals surface area contributed by atoms with E-state index in [1.807, 2.05) is 36.4 Å². The Morgan fingerprint density at radius 1 is 1.18 bits per heavy atom. The Morgan fingerprint density at radius 2 is 1.94 bits per heavy atom. The number of pyridine rings is 1. The highest BCUT2D eigenvalue weighted by atomic mass is 16.3. The zero-order valence-corrected chi connectivity index (χ0v) is 9.80. The molecule has 0 aliphatic heterocycles. The van der Waals surface area contributed by atoms with Gasteiger partial charge in [0.05, 0.1) is 5.69 Å². The summed E-state index contributed by atoms with van der Waals surface area (Å²) in [6, 6.07) is 13.4. The smallest absolute Gasteiger partial charge is 0.120 e. The summed E-state index contributed by atoms with van der Waals surface area (Å²) in [5.74, 6) is 0.327. The SMILES string of the molecule is C[C@@H](NCc1ccccc1O)c1ccccn1. The van der Waals surface area contributed by atoms with Crippen LogP contribution >= 0.6 is 0 Å². The van der Waals surface area contributed by atoms with Crippen LogP contribution in [0.3, 0.4) is 0 Å². The maximum Gasteiger partial charge on any atom is 0.120 e. The number of hydrogen-bond donors (Lipinski definition) is 2. The van der Waals surface area contributed by atoms with Gasteiger partial charge in [0.25, 0.3) is 0 Å². The fraction of sp³-hybridized carbons (Fsp3) is 0.214. The molecule has 88 valence electrons. The van der Waals surface area contributed by atoms with Crippen molar-refractivity contribution in [2.45, 2.75) is 19.5 Å². The highest BCUT2D eigenvalue weighted by Crippen LogP contribution is 2.16. The molecular weight excluding hydrogens is 212 g/mol. The molecule has 0 spiro atoms. The van der Waals surface area contributed by atoms with Crippen LogP contribution in [0.25, 0.3) is 0 Å². The van der Waals surface area contributed by atoms with Crippen LogP contribution in [-0.2, 0) is 6.54 Å². The molecule has 17 heavy (non-hydrogen) atoms. The van der Waals surface area contributed by atoms with Gasteiger partial charge in [-0.3, -0.25) is 4.98 Å². The van der Waals surface area contributed by atoms with Gasteiger partial charge in [-0.25, -0.2) is 0 Å². The minimum absolute atomic E-state index is 0.163. The molecule has 1 heterocycles. The van der Waals surface area contributed by atoms with Crippen LogP contribution in [-0.4, -0.2) is 10.1 Å². The summed E-state index contributed by atoms with van der Waals surface area (Å²) in [4.78, 5) is 4.29. The van der Waals surface area contributed by atoms with Gasteiger partial charge in [0.15, 0.2) is 0 Å². The lowest BCUT2D eigenvalue weighted by Gasteiger charge is -2.13. The first kappa shape index (κ1) is 11.6. The zero-order chi connectivity index (χ0) is 12.1. The number of hydrogen-bond acceptors (Lipinski definition) is 3. The number of rotatable bonds is 4. The van der Waals surface area contributed by atoms with Crippen LogP contribution in [0, 0.1) is 0 Å². The number of aromatic hydroxyl groups is 1. The summed E-state index contributed by atoms with van der Waals surface area (Å²) in [6.45, 7) is 2.69. The van der Waals surface area contributed by atoms with E-state index >= 15 is 0 Å². The summed E-state index contributed by atoms with van der Waals surface area (Å²) >= 11 is 0. The molecule has 0 saturated carbocycles. The third kappa shape index (κ3) is 3.04. The second kappa shape index (κ2) is 5.46. The van der Waals surface area contributed by atoms with E-state index in [1.54, 1.807) is 12.3 Å². The molecule has 1 atom stereocenters. The van der Waals surface area contributed by atoms with Gasteiger partial charge in [0, 0.05) is 24.3 Å². The van der Waals surface area contributed by atoms with Gasteiger partial charge in [0.1, 0.15) is 5.75 Å². The molecule has 2 rings (SSSR count). The van der Waals surface area contributed by atoms with Gasteiger partial charge in [-0.2, -0.15) is 0 Å². The third-order valence-electron chi connectivity index (χ3n) is 2.72. The van der Waals surface area contributed by atoms with Gasteiger partial charge in [-0.15, -0.1) is 0 Å². The van der Waals surface area contributed by atoms with Crippen molar-refractivity contribution in [3.63, 3.8) is 0 Å². The van der Waals surface area contributed by atoms with E-state index in [1.165, 1.54) is 0 Å². The molecule has 1 aromatic heterocycles. The lowest BCUT2D eigenvalue weighted by Crippen LogP contribution is -2.18. The monoisotopic (exact) mass is 228 g/mol. The molecule has 0 aliphatic rings. The van der Waals surface area contributed by atoms with Crippen LogP contribution in [0.1, 0.15) is 24.2 Å². The van der Waals surface area contributed by atoms with Crippen LogP contribution in [0.5, 0.6) is 5.75 Å². The number of benzene rings is 1. The third-order valence-corrected chi connectivity index (χ3v) is 2.72. The highest BCUT2D eigenvalue weighted by Gasteiger charge is 2.06. The molecule has 1 aromatic carbocycles. The second-order valence-corrected chi connectivity index (χ2v) is 3.99. The molecule has 3 nitrogen and oxygen atoms in total. The quantitative estimate of drug-likeness (QED) is 0.845. The summed E-state index contributed by atoms with van der Waals surface area (Å²) in [6.07, 6.45) is 1.79. The zero-order valence-electron chi connectivity index (χ0n) is 9.80. The summed E-state index contributed by atoms with van der Waals surface area (Å²) < 4.78 is 0. The summed E-state index contributed by atoms with van der Waals surface area (Å²) in [5.41, 5.74) is 1.90. The van der Waals surface area contributed by atoms with E-state index in [-0.39, 0.29) is 6.04 Å². The average Bonchev–Trinajstić information content (AvgIpc) is 2.38. The standard InChI is InChI=1S/C14H16N2O/c1-11(13-7-4-5-9-15-13)16-10-12-6-2-3-8-14(12)17/h2-9,11,16-17H,10H2,1H3/t11-/m1/s1. The molecule has 0 aliphatic carbocycles. The molecule has 0 unspecified atom stereocenters. The number of nitrogens with one attached hydrogen (secondary N) is 1. The number of phenols is 1. The minimum Gasteiger partial charge on any atom is -0.508 e. The number of para-hydroxylation sites is 1. The van der Waals surface area contributed by atoms with Gasteiger partial charge in [-0.1, -0.05) is 24.3 Å². The predicted molar refractivity (Wildman–Crippen MR) is 67.6 cm³/mol. The number of nitrogens with zero attached hydrogens (tertiary/aromatic N) is 1. The topological polar surface area (TPSA) is 45.1 Å². The van der Waals surface area contributed by atoms with E-state index in [0.29, 0.717) is 12.3 Å². The molecule has 0 saturated heterocycles. The largest absolute Gasteiger partial charge is 0.508 e. The first-order chi connectivity index (χ1) is 8.27. The van der Waals surface area contributed by atoms with Crippen LogP contribution in [0.4, 0.5) is 0 Å². The Balaban J connectivity index is 1.97. The van der Waals surface area contributed by atoms with Crippen molar-refractivity contribution >= 4 is 0 Å². The van der Waals surface area contributed by atoms with Crippen molar-refractivity contribution in [2.24, 2.45) is 0 Å². The highest BCUT2D eigenvalue weighted by molar-refractivity contribution is 5.31. The first-order valence-corrected chi connectivity index (χ1v) is 5.68. The maximum atomic E-state index is 9.64. The second-order valence-electron chi connectivity index (χ2n) is 3.99. The maximum absolute atomic E-state index is 9.64. The molecular formula is C14H16N2O. The van der Waals surface area contributed by atoms with Crippen LogP contribution in [0.15, 0.2) is 48.7 Å². The van der Waals surface area contributed by atoms with E-state index in [0.717, 1.165) is 11.3 Å². The fourth-order valence-corrected chi connectivity index (χ4v) is 1.66. The number of aromatic nitrogens is 1. The van der Waals surface area contributed by atoms with E-state index in [2.05, 4.69) is 17.2 Å². The molecule has 0 fully saturated rings. The van der Waals surface area contributed by atoms with E-state index < -0.39 is 0 Å². The minimum atomic E-state index is 0.163. The van der Waals surface area contributed by atoms with Crippen molar-refractivity contribution < 1.29 is 5.11 Å². The van der Waals surface area contributed by atoms with Gasteiger partial charge in [-0.05, 0) is 25.1 Å². The molecule has 0 bridgehead atoms. The molecule has 0 radical (unpaired) electrons. The van der Waals surface area contributed by atoms with Gasteiger partial charge >= 0.3 is 0 Å². The van der Waals surface area contributed by atoms with Crippen molar-refractivity contribution in [3.8, 4) is 5.75 Å². The van der Waals surface area contributed by atoms with E-state index in [4.69, 9.17) is 0 Å². The Kier molecular flexibility index (Phi) is 3.73. The molecule has 2 aromatic rings. The van der Waals surface area contributed by atoms with Crippen molar-refractivity contribution in [2.75, 3.05) is 0 Å². The van der Waals surface area contributed by atoms with Crippen molar-refractivity contribution in [1.82, 2.24) is 10.3 Å². The average molecular weight is 228 g/mol. The Hall–Kier alpha value is -1.87. The lowest BCUT2D eigenvalue weighted by molar-refractivity contribution is 0.459. The molecule has 3 heteroatoms. The van der Waals surface area contributed by atoms with Crippen LogP contribution in [0.2, 0.25) is 0 Å². The fourth-order valence-electron chi connectivity index (χ4n) is 1.66. The Labute approximate surface area is 101 Å².